The number of rotatable bonds is 7. The van der Waals surface area contributed by atoms with E-state index >= 15 is 0 Å². The van der Waals surface area contributed by atoms with Gasteiger partial charge in [0.1, 0.15) is 0 Å². The number of likely N-dealkylation sites (N-methyl/N-ethyl adjacent to an activating group) is 1. The van der Waals surface area contributed by atoms with Crippen LogP contribution in [-0.2, 0) is 0 Å². The second-order valence-electron chi connectivity index (χ2n) is 8.46. The molecular formula is C20H40IN5. The van der Waals surface area contributed by atoms with Crippen LogP contribution in [0.5, 0.6) is 0 Å². The highest BCUT2D eigenvalue weighted by atomic mass is 127. The monoisotopic (exact) mass is 477 g/mol. The molecule has 2 saturated carbocycles. The maximum atomic E-state index is 4.43. The Balaban J connectivity index is 0.00000243. The summed E-state index contributed by atoms with van der Waals surface area (Å²) in [5, 5.41) is 7.16. The molecule has 1 unspecified atom stereocenters. The molecule has 0 radical (unpaired) electrons. The van der Waals surface area contributed by atoms with Gasteiger partial charge in [-0.25, -0.2) is 0 Å². The lowest BCUT2D eigenvalue weighted by Gasteiger charge is -2.25. The van der Waals surface area contributed by atoms with Crippen molar-refractivity contribution in [2.45, 2.75) is 69.9 Å². The standard InChI is InChI=1S/C20H39N5.HI/c1-21-20(22-12-14-24(2)19-9-5-6-10-19)23-18-11-13-25(16-18)15-17-7-3-4-8-17;/h17-19H,3-16H2,1-2H3,(H2,21,22,23);1H. The predicted octanol–water partition coefficient (Wildman–Crippen LogP) is 2.91. The molecule has 0 amide bonds. The van der Waals surface area contributed by atoms with E-state index in [4.69, 9.17) is 0 Å². The van der Waals surface area contributed by atoms with Crippen LogP contribution in [0.25, 0.3) is 0 Å². The molecule has 0 aromatic carbocycles. The van der Waals surface area contributed by atoms with Crippen LogP contribution in [0.4, 0.5) is 0 Å². The summed E-state index contributed by atoms with van der Waals surface area (Å²) in [6, 6.07) is 1.36. The fourth-order valence-electron chi connectivity index (χ4n) is 4.94. The van der Waals surface area contributed by atoms with Crippen LogP contribution >= 0.6 is 24.0 Å². The first-order valence-corrected chi connectivity index (χ1v) is 10.6. The first-order valence-electron chi connectivity index (χ1n) is 10.6. The van der Waals surface area contributed by atoms with Crippen molar-refractivity contribution in [3.8, 4) is 0 Å². The molecule has 0 bridgehead atoms. The van der Waals surface area contributed by atoms with Gasteiger partial charge in [0, 0.05) is 51.9 Å². The number of nitrogens with zero attached hydrogens (tertiary/aromatic N) is 3. The van der Waals surface area contributed by atoms with Crippen molar-refractivity contribution in [2.75, 3.05) is 46.8 Å². The smallest absolute Gasteiger partial charge is 0.191 e. The second-order valence-corrected chi connectivity index (χ2v) is 8.46. The van der Waals surface area contributed by atoms with Gasteiger partial charge in [0.15, 0.2) is 5.96 Å². The Labute approximate surface area is 177 Å². The maximum Gasteiger partial charge on any atom is 0.191 e. The number of hydrogen-bond acceptors (Lipinski definition) is 3. The molecule has 26 heavy (non-hydrogen) atoms. The highest BCUT2D eigenvalue weighted by molar-refractivity contribution is 14.0. The summed E-state index contributed by atoms with van der Waals surface area (Å²) in [5.74, 6) is 1.94. The van der Waals surface area contributed by atoms with Gasteiger partial charge in [-0.3, -0.25) is 4.99 Å². The zero-order valence-corrected chi connectivity index (χ0v) is 19.2. The number of aliphatic imine (C=N–C) groups is 1. The predicted molar refractivity (Wildman–Crippen MR) is 122 cm³/mol. The zero-order valence-electron chi connectivity index (χ0n) is 16.9. The number of likely N-dealkylation sites (tertiary alicyclic amines) is 1. The molecule has 3 aliphatic rings. The van der Waals surface area contributed by atoms with Crippen LogP contribution in [0.3, 0.4) is 0 Å². The van der Waals surface area contributed by atoms with Crippen LogP contribution in [0.1, 0.15) is 57.8 Å². The van der Waals surface area contributed by atoms with Crippen molar-refractivity contribution >= 4 is 29.9 Å². The summed E-state index contributed by atoms with van der Waals surface area (Å²) in [4.78, 5) is 9.61. The van der Waals surface area contributed by atoms with Crippen molar-refractivity contribution in [1.29, 1.82) is 0 Å². The molecule has 1 atom stereocenters. The Morgan fingerprint density at radius 2 is 1.77 bits per heavy atom. The van der Waals surface area contributed by atoms with Gasteiger partial charge in [-0.2, -0.15) is 0 Å². The van der Waals surface area contributed by atoms with Gasteiger partial charge >= 0.3 is 0 Å². The molecule has 1 saturated heterocycles. The molecule has 3 rings (SSSR count). The van der Waals surface area contributed by atoms with Crippen molar-refractivity contribution in [3.05, 3.63) is 0 Å². The van der Waals surface area contributed by atoms with Gasteiger partial charge in [0.2, 0.25) is 0 Å². The normalized spacial score (nSPS) is 25.8. The fourth-order valence-corrected chi connectivity index (χ4v) is 4.94. The van der Waals surface area contributed by atoms with Crippen LogP contribution in [0.2, 0.25) is 0 Å². The lowest BCUT2D eigenvalue weighted by Crippen LogP contribution is -2.47. The molecule has 5 nitrogen and oxygen atoms in total. The van der Waals surface area contributed by atoms with Gasteiger partial charge in [-0.05, 0) is 45.1 Å². The fraction of sp³-hybridized carbons (Fsp3) is 0.950. The summed E-state index contributed by atoms with van der Waals surface area (Å²) in [5.41, 5.74) is 0. The maximum absolute atomic E-state index is 4.43. The van der Waals surface area contributed by atoms with Crippen molar-refractivity contribution in [1.82, 2.24) is 20.4 Å². The van der Waals surface area contributed by atoms with E-state index in [1.165, 1.54) is 77.4 Å². The van der Waals surface area contributed by atoms with E-state index in [1.54, 1.807) is 0 Å². The van der Waals surface area contributed by atoms with Crippen LogP contribution in [0, 0.1) is 5.92 Å². The Bertz CT molecular complexity index is 418. The SMILES string of the molecule is CN=C(NCCN(C)C1CCCC1)NC1CCN(CC2CCCC2)C1.I. The van der Waals surface area contributed by atoms with E-state index in [0.717, 1.165) is 31.0 Å². The van der Waals surface area contributed by atoms with E-state index < -0.39 is 0 Å². The lowest BCUT2D eigenvalue weighted by molar-refractivity contribution is 0.249. The van der Waals surface area contributed by atoms with E-state index in [2.05, 4.69) is 32.5 Å². The molecule has 2 N–H and O–H groups in total. The second kappa shape index (κ2) is 11.7. The first kappa shape index (κ1) is 22.2. The van der Waals surface area contributed by atoms with Crippen LogP contribution in [0.15, 0.2) is 4.99 Å². The third-order valence-corrected chi connectivity index (χ3v) is 6.53. The Morgan fingerprint density at radius 3 is 2.46 bits per heavy atom. The Hall–Kier alpha value is -0.0800. The van der Waals surface area contributed by atoms with Gasteiger partial charge in [-0.1, -0.05) is 25.7 Å². The molecule has 0 aromatic rings. The summed E-state index contributed by atoms with van der Waals surface area (Å²) >= 11 is 0. The third kappa shape index (κ3) is 6.82. The minimum Gasteiger partial charge on any atom is -0.355 e. The van der Waals surface area contributed by atoms with Gasteiger partial charge in [-0.15, -0.1) is 24.0 Å². The average Bonchev–Trinajstić information content (AvgIpc) is 3.37. The van der Waals surface area contributed by atoms with Gasteiger partial charge < -0.3 is 20.4 Å². The number of guanidine groups is 1. The number of nitrogens with one attached hydrogen (secondary N) is 2. The van der Waals surface area contributed by atoms with Crippen molar-refractivity contribution in [3.63, 3.8) is 0 Å². The highest BCUT2D eigenvalue weighted by Gasteiger charge is 2.26. The van der Waals surface area contributed by atoms with Crippen LogP contribution < -0.4 is 10.6 Å². The molecule has 3 fully saturated rings. The third-order valence-electron chi connectivity index (χ3n) is 6.53. The van der Waals surface area contributed by atoms with E-state index in [1.807, 2.05) is 7.05 Å². The summed E-state index contributed by atoms with van der Waals surface area (Å²) in [6.45, 7) is 5.82. The van der Waals surface area contributed by atoms with Gasteiger partial charge in [0.05, 0.1) is 0 Å². The molecule has 2 aliphatic carbocycles. The topological polar surface area (TPSA) is 42.9 Å². The van der Waals surface area contributed by atoms with E-state index in [9.17, 15) is 0 Å². The summed E-state index contributed by atoms with van der Waals surface area (Å²) in [7, 11) is 4.16. The largest absolute Gasteiger partial charge is 0.355 e. The summed E-state index contributed by atoms with van der Waals surface area (Å²) in [6.07, 6.45) is 12.6. The van der Waals surface area contributed by atoms with Crippen LogP contribution in [-0.4, -0.2) is 74.7 Å². The number of hydrogen-bond donors (Lipinski definition) is 2. The molecule has 1 heterocycles. The highest BCUT2D eigenvalue weighted by Crippen LogP contribution is 2.26. The molecule has 0 spiro atoms. The molecule has 1 aliphatic heterocycles. The Kier molecular flexibility index (Phi) is 9.99. The average molecular weight is 477 g/mol. The molecule has 0 aromatic heterocycles. The van der Waals surface area contributed by atoms with Crippen molar-refractivity contribution < 1.29 is 0 Å². The molecular weight excluding hydrogens is 437 g/mol. The lowest BCUT2D eigenvalue weighted by atomic mass is 10.1. The van der Waals surface area contributed by atoms with Crippen molar-refractivity contribution in [2.24, 2.45) is 10.9 Å². The summed E-state index contributed by atoms with van der Waals surface area (Å²) < 4.78 is 0. The molecule has 6 heteroatoms. The first-order chi connectivity index (χ1) is 12.2. The van der Waals surface area contributed by atoms with E-state index in [-0.39, 0.29) is 24.0 Å². The Morgan fingerprint density at radius 1 is 1.08 bits per heavy atom. The number of halogens is 1. The van der Waals surface area contributed by atoms with E-state index in [0.29, 0.717) is 6.04 Å². The quantitative estimate of drug-likeness (QED) is 0.336. The minimum absolute atomic E-state index is 0. The van der Waals surface area contributed by atoms with Gasteiger partial charge in [0.25, 0.3) is 0 Å². The minimum atomic E-state index is 0. The molecule has 152 valence electrons. The zero-order chi connectivity index (χ0) is 17.5.